The molecule has 0 radical (unpaired) electrons. The molecule has 4 rings (SSSR count). The summed E-state index contributed by atoms with van der Waals surface area (Å²) in [4.78, 5) is 11.2. The zero-order valence-electron chi connectivity index (χ0n) is 6.26. The Balaban J connectivity index is 2.06. The standard InChI is InChI=1S/C9H12O/c1-5(10)9-4-6-2-7(9)8(9)3-6/h6-8H,2-4H2,1H3. The molecule has 4 fully saturated rings. The van der Waals surface area contributed by atoms with E-state index in [0.717, 1.165) is 17.8 Å². The van der Waals surface area contributed by atoms with E-state index in [-0.39, 0.29) is 5.41 Å². The van der Waals surface area contributed by atoms with E-state index in [1.54, 1.807) is 6.92 Å². The lowest BCUT2D eigenvalue weighted by atomic mass is 10.00. The van der Waals surface area contributed by atoms with E-state index in [2.05, 4.69) is 0 Å². The summed E-state index contributed by atoms with van der Waals surface area (Å²) in [5, 5.41) is 0. The van der Waals surface area contributed by atoms with Crippen molar-refractivity contribution in [1.29, 1.82) is 0 Å². The van der Waals surface area contributed by atoms with Crippen LogP contribution in [-0.4, -0.2) is 5.78 Å². The van der Waals surface area contributed by atoms with Gasteiger partial charge in [-0.05, 0) is 43.9 Å². The topological polar surface area (TPSA) is 17.1 Å². The number of Topliss-reactive ketones (excluding diaryl/α,β-unsaturated/α-hetero) is 1. The molecule has 4 aliphatic carbocycles. The minimum Gasteiger partial charge on any atom is -0.299 e. The summed E-state index contributed by atoms with van der Waals surface area (Å²) in [6.45, 7) is 1.79. The molecule has 0 amide bonds. The summed E-state index contributed by atoms with van der Waals surface area (Å²) < 4.78 is 0. The van der Waals surface area contributed by atoms with E-state index in [1.165, 1.54) is 19.3 Å². The van der Waals surface area contributed by atoms with Gasteiger partial charge in [0.15, 0.2) is 0 Å². The molecule has 0 aliphatic heterocycles. The Morgan fingerprint density at radius 1 is 1.40 bits per heavy atom. The molecule has 4 aliphatic rings. The minimum absolute atomic E-state index is 0.255. The van der Waals surface area contributed by atoms with Gasteiger partial charge in [0.25, 0.3) is 0 Å². The van der Waals surface area contributed by atoms with Crippen LogP contribution in [0.3, 0.4) is 0 Å². The van der Waals surface area contributed by atoms with E-state index in [0.29, 0.717) is 5.78 Å². The van der Waals surface area contributed by atoms with Gasteiger partial charge in [-0.1, -0.05) is 0 Å². The fourth-order valence-corrected chi connectivity index (χ4v) is 3.78. The van der Waals surface area contributed by atoms with Crippen LogP contribution in [0.25, 0.3) is 0 Å². The largest absolute Gasteiger partial charge is 0.299 e. The summed E-state index contributed by atoms with van der Waals surface area (Å²) in [5.41, 5.74) is 0.255. The first-order chi connectivity index (χ1) is 4.75. The maximum atomic E-state index is 11.2. The SMILES string of the molecule is CC(=O)C12CC3CC1C2C3. The van der Waals surface area contributed by atoms with Gasteiger partial charge < -0.3 is 0 Å². The summed E-state index contributed by atoms with van der Waals surface area (Å²) in [6.07, 6.45) is 4.01. The average Bonchev–Trinajstić information content (AvgIpc) is 2.42. The summed E-state index contributed by atoms with van der Waals surface area (Å²) in [6, 6.07) is 0. The highest BCUT2D eigenvalue weighted by Gasteiger charge is 2.76. The second-order valence-electron chi connectivity index (χ2n) is 4.35. The first-order valence-corrected chi connectivity index (χ1v) is 4.26. The molecule has 0 aromatic carbocycles. The second-order valence-corrected chi connectivity index (χ2v) is 4.35. The molecule has 0 spiro atoms. The second kappa shape index (κ2) is 1.19. The molecule has 0 heterocycles. The molecule has 0 saturated heterocycles. The lowest BCUT2D eigenvalue weighted by Gasteiger charge is -2.03. The number of carbonyl (C=O) groups excluding carboxylic acids is 1. The van der Waals surface area contributed by atoms with Crippen molar-refractivity contribution in [2.45, 2.75) is 26.2 Å². The van der Waals surface area contributed by atoms with Crippen molar-refractivity contribution in [3.05, 3.63) is 0 Å². The molecule has 10 heavy (non-hydrogen) atoms. The molecule has 1 nitrogen and oxygen atoms in total. The highest BCUT2D eigenvalue weighted by molar-refractivity contribution is 5.87. The monoisotopic (exact) mass is 136 g/mol. The quantitative estimate of drug-likeness (QED) is 0.535. The maximum Gasteiger partial charge on any atom is 0.136 e. The van der Waals surface area contributed by atoms with Crippen molar-refractivity contribution in [2.75, 3.05) is 0 Å². The van der Waals surface area contributed by atoms with Crippen LogP contribution < -0.4 is 0 Å². The van der Waals surface area contributed by atoms with Crippen LogP contribution >= 0.6 is 0 Å². The van der Waals surface area contributed by atoms with Gasteiger partial charge in [-0.2, -0.15) is 0 Å². The molecule has 0 aromatic rings. The highest BCUT2D eigenvalue weighted by atomic mass is 16.1. The van der Waals surface area contributed by atoms with Gasteiger partial charge >= 0.3 is 0 Å². The Labute approximate surface area is 60.8 Å². The lowest BCUT2D eigenvalue weighted by Crippen LogP contribution is -2.10. The molecule has 2 unspecified atom stereocenters. The van der Waals surface area contributed by atoms with Crippen molar-refractivity contribution in [1.82, 2.24) is 0 Å². The van der Waals surface area contributed by atoms with Crippen molar-refractivity contribution in [3.63, 3.8) is 0 Å². The molecular formula is C9H12O. The van der Waals surface area contributed by atoms with Crippen LogP contribution in [0, 0.1) is 23.2 Å². The molecule has 54 valence electrons. The van der Waals surface area contributed by atoms with Crippen molar-refractivity contribution in [2.24, 2.45) is 23.2 Å². The lowest BCUT2D eigenvalue weighted by molar-refractivity contribution is -0.122. The van der Waals surface area contributed by atoms with Crippen LogP contribution in [0.15, 0.2) is 0 Å². The zero-order chi connectivity index (χ0) is 6.93. The summed E-state index contributed by atoms with van der Waals surface area (Å²) in [7, 11) is 0. The van der Waals surface area contributed by atoms with Gasteiger partial charge in [-0.25, -0.2) is 0 Å². The Bertz CT molecular complexity index is 207. The van der Waals surface area contributed by atoms with Crippen molar-refractivity contribution in [3.8, 4) is 0 Å². The molecular weight excluding hydrogens is 124 g/mol. The van der Waals surface area contributed by atoms with Crippen LogP contribution in [-0.2, 0) is 4.79 Å². The number of hydrogen-bond donors (Lipinski definition) is 0. The predicted molar refractivity (Wildman–Crippen MR) is 37.4 cm³/mol. The molecule has 4 bridgehead atoms. The Kier molecular flexibility index (Phi) is 0.637. The Morgan fingerprint density at radius 2 is 2.00 bits per heavy atom. The van der Waals surface area contributed by atoms with Crippen molar-refractivity contribution < 1.29 is 4.79 Å². The number of ketones is 1. The molecule has 1 heteroatoms. The zero-order valence-corrected chi connectivity index (χ0v) is 6.26. The van der Waals surface area contributed by atoms with Gasteiger partial charge in [0.2, 0.25) is 0 Å². The molecule has 4 saturated carbocycles. The Morgan fingerprint density at radius 3 is 2.20 bits per heavy atom. The van der Waals surface area contributed by atoms with E-state index in [9.17, 15) is 4.79 Å². The Hall–Kier alpha value is -0.330. The third-order valence-electron chi connectivity index (χ3n) is 4.16. The van der Waals surface area contributed by atoms with E-state index in [4.69, 9.17) is 0 Å². The van der Waals surface area contributed by atoms with E-state index >= 15 is 0 Å². The maximum absolute atomic E-state index is 11.2. The smallest absolute Gasteiger partial charge is 0.136 e. The van der Waals surface area contributed by atoms with E-state index < -0.39 is 0 Å². The fourth-order valence-electron chi connectivity index (χ4n) is 3.78. The van der Waals surface area contributed by atoms with Crippen LogP contribution in [0.4, 0.5) is 0 Å². The van der Waals surface area contributed by atoms with Crippen LogP contribution in [0.2, 0.25) is 0 Å². The van der Waals surface area contributed by atoms with Gasteiger partial charge in [0, 0.05) is 5.41 Å². The third kappa shape index (κ3) is 0.320. The number of rotatable bonds is 1. The third-order valence-corrected chi connectivity index (χ3v) is 4.16. The van der Waals surface area contributed by atoms with Gasteiger partial charge in [-0.15, -0.1) is 0 Å². The van der Waals surface area contributed by atoms with E-state index in [1.807, 2.05) is 0 Å². The normalized spacial score (nSPS) is 61.1. The van der Waals surface area contributed by atoms with Crippen LogP contribution in [0.5, 0.6) is 0 Å². The van der Waals surface area contributed by atoms with Gasteiger partial charge in [-0.3, -0.25) is 4.79 Å². The summed E-state index contributed by atoms with van der Waals surface area (Å²) in [5.74, 6) is 3.12. The highest BCUT2D eigenvalue weighted by Crippen LogP contribution is 2.79. The first kappa shape index (κ1) is 5.34. The fraction of sp³-hybridized carbons (Fsp3) is 0.889. The first-order valence-electron chi connectivity index (χ1n) is 4.26. The van der Waals surface area contributed by atoms with Crippen molar-refractivity contribution >= 4 is 5.78 Å². The minimum atomic E-state index is 0.255. The predicted octanol–water partition coefficient (Wildman–Crippen LogP) is 1.62. The molecule has 2 atom stereocenters. The number of carbonyl (C=O) groups is 1. The molecule has 0 aromatic heterocycles. The van der Waals surface area contributed by atoms with Gasteiger partial charge in [0.1, 0.15) is 5.78 Å². The van der Waals surface area contributed by atoms with Gasteiger partial charge in [0.05, 0.1) is 0 Å². The summed E-state index contributed by atoms with van der Waals surface area (Å²) >= 11 is 0. The number of hydrogen-bond acceptors (Lipinski definition) is 1. The van der Waals surface area contributed by atoms with Crippen LogP contribution in [0.1, 0.15) is 26.2 Å². The average molecular weight is 136 g/mol. The molecule has 0 N–H and O–H groups in total.